The summed E-state index contributed by atoms with van der Waals surface area (Å²) in [5.74, 6) is -3.61. The molecule has 5 aliphatic rings. The number of piperidine rings is 3. The molecule has 0 aliphatic carbocycles. The average molecular weight is 866 g/mol. The van der Waals surface area contributed by atoms with E-state index in [1.807, 2.05) is 96.9 Å². The largest absolute Gasteiger partial charge is 0.465 e. The first kappa shape index (κ1) is 49.6. The summed E-state index contributed by atoms with van der Waals surface area (Å²) >= 11 is 0. The fourth-order valence-electron chi connectivity index (χ4n) is 11.7. The lowest BCUT2D eigenvalue weighted by atomic mass is 9.70. The normalized spacial score (nSPS) is 27.4. The van der Waals surface area contributed by atoms with Gasteiger partial charge in [-0.3, -0.25) is 19.2 Å². The Morgan fingerprint density at radius 1 is 0.557 bits per heavy atom. The van der Waals surface area contributed by atoms with Crippen LogP contribution < -0.4 is 16.0 Å². The zero-order valence-corrected chi connectivity index (χ0v) is 39.8. The second-order valence-corrected chi connectivity index (χ2v) is 23.6. The topological polar surface area (TPSA) is 178 Å². The van der Waals surface area contributed by atoms with E-state index in [9.17, 15) is 4.79 Å². The van der Waals surface area contributed by atoms with Crippen molar-refractivity contribution >= 4 is 23.9 Å². The number of carbonyl (C=O) groups is 4. The number of rotatable bonds is 13. The van der Waals surface area contributed by atoms with Crippen LogP contribution in [0.5, 0.6) is 0 Å². The van der Waals surface area contributed by atoms with Crippen LogP contribution in [0.2, 0.25) is 0 Å². The summed E-state index contributed by atoms with van der Waals surface area (Å²) in [5, 5.41) is 10.8. The van der Waals surface area contributed by atoms with Gasteiger partial charge in [-0.05, 0) is 95.9 Å². The molecule has 0 radical (unpaired) electrons. The molecule has 3 N–H and O–H groups in total. The SMILES string of the molecule is CC1(C)CC(OC(=O)C(CCCC(=O)OCC(C)(C)C2OCOCC23COCOC3)(C(=O)OC2CC(C)(C)NC(C)(C)C2)C(=O)OC2CC(C)(C)NC(C)(C)C2)CC(C)(C)N1. The van der Waals surface area contributed by atoms with Crippen molar-refractivity contribution in [3.8, 4) is 0 Å². The van der Waals surface area contributed by atoms with E-state index in [4.69, 9.17) is 37.9 Å². The Bertz CT molecular complexity index is 1410. The monoisotopic (exact) mass is 866 g/mol. The van der Waals surface area contributed by atoms with Crippen LogP contribution in [0, 0.1) is 16.2 Å². The Labute approximate surface area is 364 Å². The van der Waals surface area contributed by atoms with Crippen molar-refractivity contribution < 1.29 is 57.1 Å². The highest BCUT2D eigenvalue weighted by atomic mass is 16.7. The summed E-state index contributed by atoms with van der Waals surface area (Å²) in [6.07, 6.45) is -0.156. The minimum absolute atomic E-state index is 0.0133. The molecule has 0 aromatic heterocycles. The van der Waals surface area contributed by atoms with E-state index >= 15 is 14.4 Å². The molecule has 61 heavy (non-hydrogen) atoms. The molecule has 5 fully saturated rings. The van der Waals surface area contributed by atoms with E-state index in [1.54, 1.807) is 0 Å². The van der Waals surface area contributed by atoms with Gasteiger partial charge in [0.05, 0.1) is 37.9 Å². The van der Waals surface area contributed by atoms with Crippen molar-refractivity contribution in [2.24, 2.45) is 16.2 Å². The average Bonchev–Trinajstić information content (AvgIpc) is 3.05. The third kappa shape index (κ3) is 12.7. The standard InChI is InChI=1S/C46H79N3O12/c1-38(2,34-45(27-56-29-58-34)25-54-28-55-26-45)24-57-33(50)16-15-17-46(35(51)59-30-18-39(3,4)47-40(5,6)19-30,36(52)60-31-20-41(7,8)48-42(9,10)21-31)37(53)61-32-22-43(11,12)49-44(13,14)23-32/h30-32,34,47-49H,15-29H2,1-14H3. The Kier molecular flexibility index (Phi) is 14.5. The molecule has 0 aromatic carbocycles. The molecule has 1 atom stereocenters. The van der Waals surface area contributed by atoms with Crippen molar-refractivity contribution in [1.29, 1.82) is 0 Å². The summed E-state index contributed by atoms with van der Waals surface area (Å²) < 4.78 is 47.9. The second-order valence-electron chi connectivity index (χ2n) is 23.6. The third-order valence-corrected chi connectivity index (χ3v) is 12.8. The molecule has 0 aromatic rings. The maximum absolute atomic E-state index is 15.1. The molecular weight excluding hydrogens is 787 g/mol. The van der Waals surface area contributed by atoms with Crippen LogP contribution in [0.3, 0.4) is 0 Å². The molecule has 0 saturated carbocycles. The smallest absolute Gasteiger partial charge is 0.335 e. The number of hydrogen-bond acceptors (Lipinski definition) is 15. The van der Waals surface area contributed by atoms with Crippen LogP contribution in [-0.2, 0) is 57.1 Å². The van der Waals surface area contributed by atoms with Crippen LogP contribution >= 0.6 is 0 Å². The van der Waals surface area contributed by atoms with Crippen LogP contribution in [-0.4, -0.2) is 122 Å². The van der Waals surface area contributed by atoms with E-state index in [1.165, 1.54) is 0 Å². The van der Waals surface area contributed by atoms with Crippen molar-refractivity contribution in [1.82, 2.24) is 16.0 Å². The van der Waals surface area contributed by atoms with Gasteiger partial charge in [-0.15, -0.1) is 0 Å². The van der Waals surface area contributed by atoms with Crippen molar-refractivity contribution in [3.63, 3.8) is 0 Å². The molecule has 5 saturated heterocycles. The van der Waals surface area contributed by atoms with Crippen molar-refractivity contribution in [2.45, 2.75) is 212 Å². The summed E-state index contributed by atoms with van der Waals surface area (Å²) in [6, 6.07) is 0. The molecule has 1 spiro atoms. The summed E-state index contributed by atoms with van der Waals surface area (Å²) in [7, 11) is 0. The minimum Gasteiger partial charge on any atom is -0.465 e. The van der Waals surface area contributed by atoms with Gasteiger partial charge in [-0.2, -0.15) is 0 Å². The Balaban J connectivity index is 1.43. The van der Waals surface area contributed by atoms with Crippen LogP contribution in [0.25, 0.3) is 0 Å². The third-order valence-electron chi connectivity index (χ3n) is 12.8. The molecule has 1 unspecified atom stereocenters. The zero-order valence-electron chi connectivity index (χ0n) is 39.8. The molecule has 5 heterocycles. The van der Waals surface area contributed by atoms with E-state index in [2.05, 4.69) is 16.0 Å². The van der Waals surface area contributed by atoms with Gasteiger partial charge in [0.15, 0.2) is 0 Å². The first-order chi connectivity index (χ1) is 27.9. The highest BCUT2D eigenvalue weighted by Crippen LogP contribution is 2.43. The molecule has 350 valence electrons. The van der Waals surface area contributed by atoms with Gasteiger partial charge in [0.25, 0.3) is 5.41 Å². The van der Waals surface area contributed by atoms with Gasteiger partial charge in [0.2, 0.25) is 0 Å². The molecule has 0 amide bonds. The van der Waals surface area contributed by atoms with Crippen molar-refractivity contribution in [2.75, 3.05) is 40.0 Å². The Hall–Kier alpha value is -2.40. The van der Waals surface area contributed by atoms with Gasteiger partial charge in [0, 0.05) is 83.6 Å². The summed E-state index contributed by atoms with van der Waals surface area (Å²) in [4.78, 5) is 58.8. The first-order valence-corrected chi connectivity index (χ1v) is 22.4. The molecule has 5 rings (SSSR count). The molecule has 15 heteroatoms. The van der Waals surface area contributed by atoms with E-state index in [-0.39, 0.29) is 39.5 Å². The quantitative estimate of drug-likeness (QED) is 0.118. The first-order valence-electron chi connectivity index (χ1n) is 22.4. The van der Waals surface area contributed by atoms with E-state index in [0.29, 0.717) is 58.3 Å². The lowest BCUT2D eigenvalue weighted by molar-refractivity contribution is -0.299. The van der Waals surface area contributed by atoms with Crippen LogP contribution in [0.15, 0.2) is 0 Å². The van der Waals surface area contributed by atoms with Crippen LogP contribution in [0.1, 0.15) is 155 Å². The number of ether oxygens (including phenoxy) is 8. The maximum atomic E-state index is 15.1. The van der Waals surface area contributed by atoms with Crippen LogP contribution in [0.4, 0.5) is 0 Å². The van der Waals surface area contributed by atoms with Crippen molar-refractivity contribution in [3.05, 3.63) is 0 Å². The fraction of sp³-hybridized carbons (Fsp3) is 0.913. The zero-order chi connectivity index (χ0) is 45.5. The van der Waals surface area contributed by atoms with Gasteiger partial charge in [0.1, 0.15) is 31.9 Å². The summed E-state index contributed by atoms with van der Waals surface area (Å²) in [6.45, 7) is 29.7. The number of carbonyl (C=O) groups excluding carboxylic acids is 4. The maximum Gasteiger partial charge on any atom is 0.335 e. The molecule has 0 bridgehead atoms. The predicted molar refractivity (Wildman–Crippen MR) is 227 cm³/mol. The fourth-order valence-corrected chi connectivity index (χ4v) is 11.7. The predicted octanol–water partition coefficient (Wildman–Crippen LogP) is 5.63. The number of hydrogen-bond donors (Lipinski definition) is 3. The Morgan fingerprint density at radius 3 is 1.26 bits per heavy atom. The molecule has 5 aliphatic heterocycles. The van der Waals surface area contributed by atoms with Gasteiger partial charge in [-0.25, -0.2) is 0 Å². The number of esters is 4. The van der Waals surface area contributed by atoms with E-state index in [0.717, 1.165) is 0 Å². The highest BCUT2D eigenvalue weighted by molar-refractivity contribution is 6.18. The molecule has 15 nitrogen and oxygen atoms in total. The van der Waals surface area contributed by atoms with Gasteiger partial charge >= 0.3 is 23.9 Å². The second kappa shape index (κ2) is 17.9. The Morgan fingerprint density at radius 2 is 0.902 bits per heavy atom. The highest BCUT2D eigenvalue weighted by Gasteiger charge is 2.60. The van der Waals surface area contributed by atoms with Gasteiger partial charge in [-0.1, -0.05) is 13.8 Å². The van der Waals surface area contributed by atoms with Gasteiger partial charge < -0.3 is 53.8 Å². The summed E-state index contributed by atoms with van der Waals surface area (Å²) in [5.41, 5.74) is -6.16. The number of nitrogens with one attached hydrogen (secondary N) is 3. The molecular formula is C46H79N3O12. The minimum atomic E-state index is -2.51. The lowest BCUT2D eigenvalue weighted by Crippen LogP contribution is -2.62. The van der Waals surface area contributed by atoms with E-state index < -0.39 is 97.8 Å². The lowest BCUT2D eigenvalue weighted by Gasteiger charge is -2.50.